The monoisotopic (exact) mass is 329 g/mol. The Hall–Kier alpha value is -2.17. The van der Waals surface area contributed by atoms with Gasteiger partial charge in [-0.15, -0.1) is 0 Å². The molecule has 0 spiro atoms. The smallest absolute Gasteiger partial charge is 0.226 e. The van der Waals surface area contributed by atoms with Gasteiger partial charge in [0.25, 0.3) is 0 Å². The zero-order valence-corrected chi connectivity index (χ0v) is 14.1. The van der Waals surface area contributed by atoms with Crippen LogP contribution in [0.2, 0.25) is 0 Å². The Morgan fingerprint density at radius 3 is 2.83 bits per heavy atom. The quantitative estimate of drug-likeness (QED) is 0.844. The summed E-state index contributed by atoms with van der Waals surface area (Å²) in [7, 11) is 0. The molecule has 1 saturated heterocycles. The Bertz CT molecular complexity index is 654. The van der Waals surface area contributed by atoms with Crippen LogP contribution in [0.25, 0.3) is 0 Å². The molecule has 128 valence electrons. The molecule has 5 heteroatoms. The number of carbonyl (C=O) groups excluding carboxylic acids is 1. The van der Waals surface area contributed by atoms with E-state index in [1.54, 1.807) is 18.3 Å². The van der Waals surface area contributed by atoms with Crippen LogP contribution in [0.5, 0.6) is 0 Å². The van der Waals surface area contributed by atoms with E-state index in [4.69, 9.17) is 0 Å². The molecule has 1 fully saturated rings. The molecule has 4 nitrogen and oxygen atoms in total. The van der Waals surface area contributed by atoms with Crippen LogP contribution in [-0.4, -0.2) is 33.2 Å². The second kappa shape index (κ2) is 7.60. The minimum atomic E-state index is -0.243. The van der Waals surface area contributed by atoms with E-state index in [1.165, 1.54) is 12.1 Å². The minimum absolute atomic E-state index is 0.103. The molecule has 0 bridgehead atoms. The number of likely N-dealkylation sites (tertiary alicyclic amines) is 1. The molecule has 1 amide bonds. The lowest BCUT2D eigenvalue weighted by atomic mass is 9.96. The number of carbonyl (C=O) groups is 1. The van der Waals surface area contributed by atoms with Crippen LogP contribution in [0, 0.1) is 11.7 Å². The van der Waals surface area contributed by atoms with E-state index in [-0.39, 0.29) is 23.7 Å². The number of hydrogen-bond acceptors (Lipinski definition) is 2. The summed E-state index contributed by atoms with van der Waals surface area (Å²) >= 11 is 0. The van der Waals surface area contributed by atoms with Crippen LogP contribution in [0.15, 0.2) is 42.7 Å². The lowest BCUT2D eigenvalue weighted by Crippen LogP contribution is -2.48. The van der Waals surface area contributed by atoms with E-state index in [0.29, 0.717) is 6.42 Å². The number of piperidine rings is 1. The van der Waals surface area contributed by atoms with Crippen molar-refractivity contribution < 1.29 is 9.18 Å². The molecule has 3 rings (SSSR count). The molecule has 1 aliphatic rings. The lowest BCUT2D eigenvalue weighted by molar-refractivity contribution is -0.139. The number of hydrogen-bond donors (Lipinski definition) is 0. The Morgan fingerprint density at radius 2 is 2.12 bits per heavy atom. The summed E-state index contributed by atoms with van der Waals surface area (Å²) in [6, 6.07) is 8.54. The number of halogens is 1. The fourth-order valence-electron chi connectivity index (χ4n) is 3.45. The first-order chi connectivity index (χ1) is 11.6. The number of nitrogens with zero attached hydrogens (tertiary/aromatic N) is 3. The standard InChI is InChI=1S/C19H24FN3O/c1-15(13-16-6-8-17(20)9-7-16)19(24)23-12-3-2-5-18(23)14-22-11-4-10-21-22/h4,6-11,15,18H,2-3,5,12-14H2,1H3/t15-,18+/m0/s1. The van der Waals surface area contributed by atoms with Crippen LogP contribution in [0.3, 0.4) is 0 Å². The molecule has 1 aromatic carbocycles. The van der Waals surface area contributed by atoms with Gasteiger partial charge in [-0.2, -0.15) is 5.10 Å². The van der Waals surface area contributed by atoms with Crippen molar-refractivity contribution in [2.24, 2.45) is 5.92 Å². The van der Waals surface area contributed by atoms with Crippen LogP contribution >= 0.6 is 0 Å². The second-order valence-electron chi connectivity index (χ2n) is 6.64. The third-order valence-corrected chi connectivity index (χ3v) is 4.74. The van der Waals surface area contributed by atoms with Gasteiger partial charge in [0.15, 0.2) is 0 Å². The van der Waals surface area contributed by atoms with Gasteiger partial charge in [0, 0.05) is 24.9 Å². The number of rotatable bonds is 5. The van der Waals surface area contributed by atoms with E-state index < -0.39 is 0 Å². The summed E-state index contributed by atoms with van der Waals surface area (Å²) in [5, 5.41) is 4.27. The van der Waals surface area contributed by atoms with Crippen molar-refractivity contribution in [2.45, 2.75) is 45.2 Å². The van der Waals surface area contributed by atoms with Crippen molar-refractivity contribution >= 4 is 5.91 Å². The first kappa shape index (κ1) is 16.7. The minimum Gasteiger partial charge on any atom is -0.338 e. The average molecular weight is 329 g/mol. The highest BCUT2D eigenvalue weighted by Gasteiger charge is 2.29. The summed E-state index contributed by atoms with van der Waals surface area (Å²) in [4.78, 5) is 15.0. The first-order valence-electron chi connectivity index (χ1n) is 8.66. The molecule has 1 aliphatic heterocycles. The predicted octanol–water partition coefficient (Wildman–Crippen LogP) is 3.28. The number of amides is 1. The topological polar surface area (TPSA) is 38.1 Å². The summed E-state index contributed by atoms with van der Waals surface area (Å²) < 4.78 is 14.9. The molecule has 0 N–H and O–H groups in total. The number of aromatic nitrogens is 2. The fraction of sp³-hybridized carbons (Fsp3) is 0.474. The Morgan fingerprint density at radius 1 is 1.33 bits per heavy atom. The third-order valence-electron chi connectivity index (χ3n) is 4.74. The molecule has 0 unspecified atom stereocenters. The molecular formula is C19H24FN3O. The molecule has 2 atom stereocenters. The SMILES string of the molecule is C[C@@H](Cc1ccc(F)cc1)C(=O)N1CCCC[C@@H]1Cn1cccn1. The van der Waals surface area contributed by atoms with Gasteiger partial charge in [-0.3, -0.25) is 9.48 Å². The fourth-order valence-corrected chi connectivity index (χ4v) is 3.45. The molecule has 24 heavy (non-hydrogen) atoms. The van der Waals surface area contributed by atoms with Crippen molar-refractivity contribution in [1.29, 1.82) is 0 Å². The highest BCUT2D eigenvalue weighted by atomic mass is 19.1. The maximum Gasteiger partial charge on any atom is 0.226 e. The van der Waals surface area contributed by atoms with Crippen LogP contribution in [0.4, 0.5) is 4.39 Å². The zero-order chi connectivity index (χ0) is 16.9. The molecular weight excluding hydrogens is 305 g/mol. The molecule has 0 radical (unpaired) electrons. The molecule has 0 saturated carbocycles. The molecule has 2 heterocycles. The normalized spacial score (nSPS) is 19.2. The first-order valence-corrected chi connectivity index (χ1v) is 8.66. The maximum atomic E-state index is 13.0. The van der Waals surface area contributed by atoms with Gasteiger partial charge >= 0.3 is 0 Å². The van der Waals surface area contributed by atoms with Gasteiger partial charge in [-0.05, 0) is 49.4 Å². The Kier molecular flexibility index (Phi) is 5.28. The molecule has 0 aliphatic carbocycles. The van der Waals surface area contributed by atoms with Gasteiger partial charge in [0.1, 0.15) is 5.82 Å². The van der Waals surface area contributed by atoms with Gasteiger partial charge in [-0.25, -0.2) is 4.39 Å². The summed E-state index contributed by atoms with van der Waals surface area (Å²) in [6.07, 6.45) is 7.59. The summed E-state index contributed by atoms with van der Waals surface area (Å²) in [6.45, 7) is 3.53. The van der Waals surface area contributed by atoms with Gasteiger partial charge in [-0.1, -0.05) is 19.1 Å². The maximum absolute atomic E-state index is 13.0. The Balaban J connectivity index is 1.65. The zero-order valence-electron chi connectivity index (χ0n) is 14.1. The predicted molar refractivity (Wildman–Crippen MR) is 90.8 cm³/mol. The number of benzene rings is 1. The van der Waals surface area contributed by atoms with Crippen molar-refractivity contribution in [3.05, 3.63) is 54.1 Å². The van der Waals surface area contributed by atoms with Crippen LogP contribution in [-0.2, 0) is 17.8 Å². The Labute approximate surface area is 142 Å². The molecule has 2 aromatic rings. The second-order valence-corrected chi connectivity index (χ2v) is 6.64. The van der Waals surface area contributed by atoms with Crippen molar-refractivity contribution in [3.63, 3.8) is 0 Å². The molecule has 1 aromatic heterocycles. The highest BCUT2D eigenvalue weighted by molar-refractivity contribution is 5.79. The van der Waals surface area contributed by atoms with Crippen molar-refractivity contribution in [2.75, 3.05) is 6.54 Å². The van der Waals surface area contributed by atoms with Gasteiger partial charge < -0.3 is 4.90 Å². The van der Waals surface area contributed by atoms with Crippen LogP contribution < -0.4 is 0 Å². The van der Waals surface area contributed by atoms with E-state index in [0.717, 1.165) is 37.9 Å². The van der Waals surface area contributed by atoms with Crippen molar-refractivity contribution in [3.8, 4) is 0 Å². The van der Waals surface area contributed by atoms with E-state index >= 15 is 0 Å². The summed E-state index contributed by atoms with van der Waals surface area (Å²) in [5.74, 6) is -0.155. The van der Waals surface area contributed by atoms with E-state index in [9.17, 15) is 9.18 Å². The highest BCUT2D eigenvalue weighted by Crippen LogP contribution is 2.22. The third kappa shape index (κ3) is 4.02. The van der Waals surface area contributed by atoms with Crippen molar-refractivity contribution in [1.82, 2.24) is 14.7 Å². The van der Waals surface area contributed by atoms with Gasteiger partial charge in [0.05, 0.1) is 12.6 Å². The lowest BCUT2D eigenvalue weighted by Gasteiger charge is -2.37. The van der Waals surface area contributed by atoms with E-state index in [1.807, 2.05) is 28.8 Å². The summed E-state index contributed by atoms with van der Waals surface area (Å²) in [5.41, 5.74) is 0.998. The van der Waals surface area contributed by atoms with Crippen LogP contribution in [0.1, 0.15) is 31.7 Å². The largest absolute Gasteiger partial charge is 0.338 e. The van der Waals surface area contributed by atoms with E-state index in [2.05, 4.69) is 5.10 Å². The van der Waals surface area contributed by atoms with Gasteiger partial charge in [0.2, 0.25) is 5.91 Å². The average Bonchev–Trinajstić information content (AvgIpc) is 3.10.